The predicted octanol–water partition coefficient (Wildman–Crippen LogP) is 1.85. The minimum absolute atomic E-state index is 0.0504. The van der Waals surface area contributed by atoms with Gasteiger partial charge in [0.15, 0.2) is 11.6 Å². The van der Waals surface area contributed by atoms with Gasteiger partial charge in [-0.05, 0) is 23.8 Å². The molecule has 6 heteroatoms. The monoisotopic (exact) mass is 303 g/mol. The van der Waals surface area contributed by atoms with E-state index in [2.05, 4.69) is 10.3 Å². The summed E-state index contributed by atoms with van der Waals surface area (Å²) in [5, 5.41) is 11.9. The number of halogens is 1. The Morgan fingerprint density at radius 3 is 2.82 bits per heavy atom. The van der Waals surface area contributed by atoms with Crippen LogP contribution in [-0.2, 0) is 17.8 Å². The zero-order valence-corrected chi connectivity index (χ0v) is 12.5. The fourth-order valence-corrected chi connectivity index (χ4v) is 2.07. The number of anilines is 1. The summed E-state index contributed by atoms with van der Waals surface area (Å²) in [4.78, 5) is 18.1. The minimum atomic E-state index is -0.729. The van der Waals surface area contributed by atoms with E-state index in [9.17, 15) is 9.18 Å². The van der Waals surface area contributed by atoms with Crippen LogP contribution < -0.4 is 10.2 Å². The molecule has 116 valence electrons. The number of carbonyl (C=O) groups is 1. The van der Waals surface area contributed by atoms with Crippen LogP contribution in [0.3, 0.4) is 0 Å². The zero-order chi connectivity index (χ0) is 16.1. The van der Waals surface area contributed by atoms with Crippen molar-refractivity contribution in [2.75, 3.05) is 19.0 Å². The number of nitrogens with zero attached hydrogens (tertiary/aromatic N) is 2. The first kappa shape index (κ1) is 15.8. The molecule has 5 nitrogen and oxygen atoms in total. The fourth-order valence-electron chi connectivity index (χ4n) is 2.07. The molecule has 2 N–H and O–H groups in total. The molecular formula is C16H18FN3O2. The highest BCUT2D eigenvalue weighted by Gasteiger charge is 2.09. The van der Waals surface area contributed by atoms with Gasteiger partial charge in [-0.2, -0.15) is 0 Å². The Kier molecular flexibility index (Phi) is 4.93. The van der Waals surface area contributed by atoms with Crippen molar-refractivity contribution in [3.8, 4) is 5.75 Å². The van der Waals surface area contributed by atoms with Crippen LogP contribution in [0.4, 0.5) is 10.2 Å². The fraction of sp³-hybridized carbons (Fsp3) is 0.250. The second kappa shape index (κ2) is 6.89. The van der Waals surface area contributed by atoms with Gasteiger partial charge >= 0.3 is 0 Å². The Bertz CT molecular complexity index is 674. The van der Waals surface area contributed by atoms with E-state index in [1.807, 2.05) is 31.1 Å². The van der Waals surface area contributed by atoms with Gasteiger partial charge in [-0.15, -0.1) is 0 Å². The average molecular weight is 303 g/mol. The van der Waals surface area contributed by atoms with Crippen molar-refractivity contribution < 1.29 is 14.3 Å². The normalized spacial score (nSPS) is 10.3. The lowest BCUT2D eigenvalue weighted by Gasteiger charge is -2.16. The molecule has 0 fully saturated rings. The summed E-state index contributed by atoms with van der Waals surface area (Å²) >= 11 is 0. The molecular weight excluding hydrogens is 285 g/mol. The van der Waals surface area contributed by atoms with Crippen LogP contribution in [-0.4, -0.2) is 30.1 Å². The molecule has 0 aliphatic rings. The maximum Gasteiger partial charge on any atom is 0.224 e. The SMILES string of the molecule is CN(C)c1ncccc1CNC(=O)Cc1ccc(O)c(F)c1. The van der Waals surface area contributed by atoms with E-state index in [0.717, 1.165) is 17.4 Å². The molecule has 2 rings (SSSR count). The highest BCUT2D eigenvalue weighted by atomic mass is 19.1. The lowest BCUT2D eigenvalue weighted by molar-refractivity contribution is -0.120. The second-order valence-electron chi connectivity index (χ2n) is 5.12. The molecule has 0 aliphatic carbocycles. The zero-order valence-electron chi connectivity index (χ0n) is 12.5. The van der Waals surface area contributed by atoms with Crippen LogP contribution in [0.2, 0.25) is 0 Å². The number of nitrogens with one attached hydrogen (secondary N) is 1. The number of pyridine rings is 1. The van der Waals surface area contributed by atoms with Gasteiger partial charge in [0.05, 0.1) is 6.42 Å². The molecule has 1 amide bonds. The lowest BCUT2D eigenvalue weighted by Crippen LogP contribution is -2.26. The van der Waals surface area contributed by atoms with E-state index < -0.39 is 11.6 Å². The molecule has 1 aromatic carbocycles. The summed E-state index contributed by atoms with van der Waals surface area (Å²) in [5.41, 5.74) is 1.41. The van der Waals surface area contributed by atoms with E-state index in [-0.39, 0.29) is 12.3 Å². The van der Waals surface area contributed by atoms with Crippen LogP contribution >= 0.6 is 0 Å². The van der Waals surface area contributed by atoms with Crippen LogP contribution in [0.15, 0.2) is 36.5 Å². The maximum absolute atomic E-state index is 13.2. The topological polar surface area (TPSA) is 65.5 Å². The van der Waals surface area contributed by atoms with Crippen molar-refractivity contribution in [2.45, 2.75) is 13.0 Å². The summed E-state index contributed by atoms with van der Waals surface area (Å²) in [6.07, 6.45) is 1.74. The number of benzene rings is 1. The summed E-state index contributed by atoms with van der Waals surface area (Å²) in [7, 11) is 3.76. The van der Waals surface area contributed by atoms with E-state index in [1.54, 1.807) is 6.20 Å². The quantitative estimate of drug-likeness (QED) is 0.885. The number of amides is 1. The van der Waals surface area contributed by atoms with E-state index >= 15 is 0 Å². The number of hydrogen-bond donors (Lipinski definition) is 2. The van der Waals surface area contributed by atoms with Crippen LogP contribution in [0.25, 0.3) is 0 Å². The smallest absolute Gasteiger partial charge is 0.224 e. The highest BCUT2D eigenvalue weighted by molar-refractivity contribution is 5.78. The Labute approximate surface area is 128 Å². The number of hydrogen-bond acceptors (Lipinski definition) is 4. The largest absolute Gasteiger partial charge is 0.505 e. The van der Waals surface area contributed by atoms with Crippen molar-refractivity contribution >= 4 is 11.7 Å². The van der Waals surface area contributed by atoms with E-state index in [1.165, 1.54) is 12.1 Å². The molecule has 22 heavy (non-hydrogen) atoms. The molecule has 0 unspecified atom stereocenters. The van der Waals surface area contributed by atoms with Gasteiger partial charge in [0, 0.05) is 32.4 Å². The Morgan fingerprint density at radius 2 is 2.14 bits per heavy atom. The number of phenolic OH excluding ortho intramolecular Hbond substituents is 1. The molecule has 2 aromatic rings. The number of rotatable bonds is 5. The van der Waals surface area contributed by atoms with Gasteiger partial charge in [0.25, 0.3) is 0 Å². The van der Waals surface area contributed by atoms with Gasteiger partial charge in [-0.3, -0.25) is 4.79 Å². The maximum atomic E-state index is 13.2. The second-order valence-corrected chi connectivity index (χ2v) is 5.12. The number of phenols is 1. The van der Waals surface area contributed by atoms with Crippen molar-refractivity contribution in [2.24, 2.45) is 0 Å². The molecule has 0 saturated carbocycles. The van der Waals surface area contributed by atoms with Gasteiger partial charge in [-0.25, -0.2) is 9.37 Å². The number of aromatic nitrogens is 1. The van der Waals surface area contributed by atoms with Gasteiger partial charge in [0.1, 0.15) is 5.82 Å². The van der Waals surface area contributed by atoms with Crippen LogP contribution in [0.5, 0.6) is 5.75 Å². The van der Waals surface area contributed by atoms with Crippen molar-refractivity contribution in [1.82, 2.24) is 10.3 Å². The molecule has 0 atom stereocenters. The summed E-state index contributed by atoms with van der Waals surface area (Å²) < 4.78 is 13.2. The molecule has 0 saturated heterocycles. The molecule has 0 aliphatic heterocycles. The third-order valence-electron chi connectivity index (χ3n) is 3.14. The van der Waals surface area contributed by atoms with Crippen LogP contribution in [0, 0.1) is 5.82 Å². The number of carbonyl (C=O) groups excluding carboxylic acids is 1. The Balaban J connectivity index is 1.97. The minimum Gasteiger partial charge on any atom is -0.505 e. The van der Waals surface area contributed by atoms with E-state index in [0.29, 0.717) is 12.1 Å². The summed E-state index contributed by atoms with van der Waals surface area (Å²) in [5.74, 6) is -0.584. The van der Waals surface area contributed by atoms with Crippen molar-refractivity contribution in [3.05, 3.63) is 53.5 Å². The third kappa shape index (κ3) is 3.94. The Hall–Kier alpha value is -2.63. The van der Waals surface area contributed by atoms with Gasteiger partial charge in [-0.1, -0.05) is 12.1 Å². The number of aromatic hydroxyl groups is 1. The summed E-state index contributed by atoms with van der Waals surface area (Å²) in [6, 6.07) is 7.62. The van der Waals surface area contributed by atoms with Crippen molar-refractivity contribution in [1.29, 1.82) is 0 Å². The lowest BCUT2D eigenvalue weighted by atomic mass is 10.1. The summed E-state index contributed by atoms with van der Waals surface area (Å²) in [6.45, 7) is 0.348. The predicted molar refractivity (Wildman–Crippen MR) is 82.2 cm³/mol. The Morgan fingerprint density at radius 1 is 1.36 bits per heavy atom. The third-order valence-corrected chi connectivity index (χ3v) is 3.14. The van der Waals surface area contributed by atoms with Crippen molar-refractivity contribution in [3.63, 3.8) is 0 Å². The van der Waals surface area contributed by atoms with E-state index in [4.69, 9.17) is 5.11 Å². The molecule has 0 spiro atoms. The molecule has 1 heterocycles. The standard InChI is InChI=1S/C16H18FN3O2/c1-20(2)16-12(4-3-7-18-16)10-19-15(22)9-11-5-6-14(21)13(17)8-11/h3-8,21H,9-10H2,1-2H3,(H,19,22). The first-order valence-electron chi connectivity index (χ1n) is 6.82. The highest BCUT2D eigenvalue weighted by Crippen LogP contribution is 2.17. The molecule has 0 radical (unpaired) electrons. The molecule has 1 aromatic heterocycles. The van der Waals surface area contributed by atoms with Crippen LogP contribution in [0.1, 0.15) is 11.1 Å². The first-order chi connectivity index (χ1) is 10.5. The molecule has 0 bridgehead atoms. The van der Waals surface area contributed by atoms with Gasteiger partial charge < -0.3 is 15.3 Å². The average Bonchev–Trinajstić information content (AvgIpc) is 2.49. The van der Waals surface area contributed by atoms with Gasteiger partial charge in [0.2, 0.25) is 5.91 Å². The first-order valence-corrected chi connectivity index (χ1v) is 6.82.